The highest BCUT2D eigenvalue weighted by atomic mass is 19.4. The van der Waals surface area contributed by atoms with Gasteiger partial charge >= 0.3 is 12.4 Å². The van der Waals surface area contributed by atoms with Gasteiger partial charge in [0.2, 0.25) is 5.95 Å². The fourth-order valence-corrected chi connectivity index (χ4v) is 2.67. The standard InChI is InChI=1S/C22H14F6N4O/c1-12-2-4-15(6-14(12)5-3-13-10-30-20(29)31-11-13)19(33)32-18-8-16(21(23,24)25)7-17(9-18)22(26,27)28/h2,4,6-11H,1H3,(H,32,33)(H2,29,30,31). The Morgan fingerprint density at radius 3 is 2.03 bits per heavy atom. The minimum Gasteiger partial charge on any atom is -0.368 e. The van der Waals surface area contributed by atoms with Gasteiger partial charge in [0.1, 0.15) is 0 Å². The van der Waals surface area contributed by atoms with Crippen LogP contribution in [-0.4, -0.2) is 15.9 Å². The molecule has 170 valence electrons. The summed E-state index contributed by atoms with van der Waals surface area (Å²) in [5, 5.41) is 2.09. The van der Waals surface area contributed by atoms with Gasteiger partial charge in [-0.1, -0.05) is 17.9 Å². The van der Waals surface area contributed by atoms with E-state index >= 15 is 0 Å². The van der Waals surface area contributed by atoms with Crippen LogP contribution in [0.1, 0.15) is 38.2 Å². The number of aryl methyl sites for hydroxylation is 1. The number of hydrogen-bond donors (Lipinski definition) is 2. The first-order chi connectivity index (χ1) is 15.3. The SMILES string of the molecule is Cc1ccc(C(=O)Nc2cc(C(F)(F)F)cc(C(F)(F)F)c2)cc1C#Cc1cnc(N)nc1. The number of halogens is 6. The summed E-state index contributed by atoms with van der Waals surface area (Å²) in [5.74, 6) is 4.76. The number of carbonyl (C=O) groups excluding carboxylic acids is 1. The first-order valence-electron chi connectivity index (χ1n) is 9.14. The molecule has 0 aliphatic carbocycles. The molecule has 1 amide bonds. The largest absolute Gasteiger partial charge is 0.416 e. The van der Waals surface area contributed by atoms with Gasteiger partial charge in [-0.25, -0.2) is 9.97 Å². The van der Waals surface area contributed by atoms with Crippen LogP contribution in [0.3, 0.4) is 0 Å². The number of nitrogens with zero attached hydrogens (tertiary/aromatic N) is 2. The Morgan fingerprint density at radius 2 is 1.48 bits per heavy atom. The molecule has 0 aliphatic rings. The van der Waals surface area contributed by atoms with Gasteiger partial charge in [-0.15, -0.1) is 0 Å². The maximum atomic E-state index is 13.0. The Labute approximate surface area is 183 Å². The van der Waals surface area contributed by atoms with Gasteiger partial charge in [0.25, 0.3) is 5.91 Å². The Hall–Kier alpha value is -4.07. The van der Waals surface area contributed by atoms with Crippen LogP contribution in [0.5, 0.6) is 0 Å². The van der Waals surface area contributed by atoms with Crippen molar-refractivity contribution in [3.63, 3.8) is 0 Å². The minimum atomic E-state index is -5.03. The third-order valence-electron chi connectivity index (χ3n) is 4.36. The van der Waals surface area contributed by atoms with Crippen LogP contribution in [0.2, 0.25) is 0 Å². The van der Waals surface area contributed by atoms with Crippen molar-refractivity contribution < 1.29 is 31.1 Å². The zero-order valence-electron chi connectivity index (χ0n) is 16.8. The summed E-state index contributed by atoms with van der Waals surface area (Å²) in [6.45, 7) is 1.72. The van der Waals surface area contributed by atoms with Gasteiger partial charge in [0.05, 0.1) is 16.7 Å². The van der Waals surface area contributed by atoms with Crippen molar-refractivity contribution in [1.82, 2.24) is 9.97 Å². The third-order valence-corrected chi connectivity index (χ3v) is 4.36. The minimum absolute atomic E-state index is 0.00979. The zero-order valence-corrected chi connectivity index (χ0v) is 16.8. The maximum Gasteiger partial charge on any atom is 0.416 e. The molecule has 0 spiro atoms. The number of alkyl halides is 6. The van der Waals surface area contributed by atoms with Crippen molar-refractivity contribution in [3.8, 4) is 11.8 Å². The lowest BCUT2D eigenvalue weighted by molar-refractivity contribution is -0.143. The molecule has 3 aromatic rings. The molecule has 5 nitrogen and oxygen atoms in total. The van der Waals surface area contributed by atoms with Gasteiger partial charge in [-0.05, 0) is 42.8 Å². The van der Waals surface area contributed by atoms with E-state index in [1.807, 2.05) is 0 Å². The van der Waals surface area contributed by atoms with E-state index in [2.05, 4.69) is 27.1 Å². The number of amides is 1. The fraction of sp³-hybridized carbons (Fsp3) is 0.136. The average molecular weight is 464 g/mol. The van der Waals surface area contributed by atoms with Gasteiger partial charge in [0, 0.05) is 29.2 Å². The number of aromatic nitrogens is 2. The summed E-state index contributed by atoms with van der Waals surface area (Å²) >= 11 is 0. The van der Waals surface area contributed by atoms with Crippen LogP contribution in [0.4, 0.5) is 38.0 Å². The number of nitrogens with two attached hydrogens (primary N) is 1. The Morgan fingerprint density at radius 1 is 0.909 bits per heavy atom. The summed E-state index contributed by atoms with van der Waals surface area (Å²) in [6.07, 6.45) is -7.27. The first-order valence-corrected chi connectivity index (χ1v) is 9.14. The second-order valence-electron chi connectivity index (χ2n) is 6.86. The molecule has 0 aliphatic heterocycles. The van der Waals surface area contributed by atoms with E-state index in [9.17, 15) is 31.1 Å². The van der Waals surface area contributed by atoms with E-state index in [0.29, 0.717) is 28.8 Å². The monoisotopic (exact) mass is 464 g/mol. The molecule has 0 unspecified atom stereocenters. The molecule has 11 heteroatoms. The molecular weight excluding hydrogens is 450 g/mol. The van der Waals surface area contributed by atoms with Gasteiger partial charge in [-0.2, -0.15) is 26.3 Å². The molecule has 3 N–H and O–H groups in total. The lowest BCUT2D eigenvalue weighted by Gasteiger charge is -2.15. The topological polar surface area (TPSA) is 80.9 Å². The molecule has 0 bridgehead atoms. The van der Waals surface area contributed by atoms with Crippen LogP contribution in [-0.2, 0) is 12.4 Å². The molecule has 0 saturated carbocycles. The molecule has 33 heavy (non-hydrogen) atoms. The maximum absolute atomic E-state index is 13.0. The second kappa shape index (κ2) is 8.82. The summed E-state index contributed by atoms with van der Waals surface area (Å²) in [7, 11) is 0. The Bertz CT molecular complexity index is 1220. The van der Waals surface area contributed by atoms with Gasteiger partial charge in [-0.3, -0.25) is 4.79 Å². The van der Waals surface area contributed by atoms with Crippen LogP contribution in [0.15, 0.2) is 48.8 Å². The summed E-state index contributed by atoms with van der Waals surface area (Å²) in [6, 6.07) is 5.14. The molecule has 3 rings (SSSR count). The summed E-state index contributed by atoms with van der Waals surface area (Å²) < 4.78 is 78.2. The molecule has 2 aromatic carbocycles. The molecule has 0 radical (unpaired) electrons. The van der Waals surface area contributed by atoms with Crippen molar-refractivity contribution in [1.29, 1.82) is 0 Å². The highest BCUT2D eigenvalue weighted by Crippen LogP contribution is 2.37. The average Bonchev–Trinajstić information content (AvgIpc) is 2.72. The molecule has 1 heterocycles. The number of carbonyl (C=O) groups is 1. The van der Waals surface area contributed by atoms with Crippen molar-refractivity contribution in [2.24, 2.45) is 0 Å². The third kappa shape index (κ3) is 6.00. The van der Waals surface area contributed by atoms with Crippen molar-refractivity contribution in [3.05, 3.63) is 82.2 Å². The van der Waals surface area contributed by atoms with Crippen molar-refractivity contribution in [2.75, 3.05) is 11.1 Å². The lowest BCUT2D eigenvalue weighted by atomic mass is 10.0. The highest BCUT2D eigenvalue weighted by molar-refractivity contribution is 6.04. The molecular formula is C22H14F6N4O. The predicted molar refractivity (Wildman–Crippen MR) is 108 cm³/mol. The molecule has 1 aromatic heterocycles. The van der Waals surface area contributed by atoms with Crippen LogP contribution < -0.4 is 11.1 Å². The molecule has 0 fully saturated rings. The first kappa shape index (κ1) is 23.6. The zero-order chi connectivity index (χ0) is 24.4. The number of benzene rings is 2. The second-order valence-corrected chi connectivity index (χ2v) is 6.86. The molecule has 0 saturated heterocycles. The van der Waals surface area contributed by atoms with E-state index in [1.54, 1.807) is 13.0 Å². The summed E-state index contributed by atoms with van der Waals surface area (Å²) in [4.78, 5) is 20.1. The van der Waals surface area contributed by atoms with Gasteiger partial charge in [0.15, 0.2) is 0 Å². The van der Waals surface area contributed by atoms with E-state index < -0.39 is 35.1 Å². The van der Waals surface area contributed by atoms with Crippen LogP contribution >= 0.6 is 0 Å². The summed E-state index contributed by atoms with van der Waals surface area (Å²) in [5.41, 5.74) is 3.23. The van der Waals surface area contributed by atoms with Crippen molar-refractivity contribution >= 4 is 17.5 Å². The highest BCUT2D eigenvalue weighted by Gasteiger charge is 2.37. The van der Waals surface area contributed by atoms with Crippen LogP contribution in [0, 0.1) is 18.8 Å². The number of nitrogen functional groups attached to an aromatic ring is 1. The van der Waals surface area contributed by atoms with E-state index in [1.165, 1.54) is 24.5 Å². The van der Waals surface area contributed by atoms with E-state index in [4.69, 9.17) is 5.73 Å². The van der Waals surface area contributed by atoms with E-state index in [-0.39, 0.29) is 17.6 Å². The smallest absolute Gasteiger partial charge is 0.368 e. The quantitative estimate of drug-likeness (QED) is 0.411. The Balaban J connectivity index is 1.91. The lowest BCUT2D eigenvalue weighted by Crippen LogP contribution is -2.16. The molecule has 0 atom stereocenters. The van der Waals surface area contributed by atoms with Gasteiger partial charge < -0.3 is 11.1 Å². The van der Waals surface area contributed by atoms with Crippen molar-refractivity contribution in [2.45, 2.75) is 19.3 Å². The fourth-order valence-electron chi connectivity index (χ4n) is 2.67. The number of anilines is 2. The Kier molecular flexibility index (Phi) is 6.30. The number of rotatable bonds is 2. The van der Waals surface area contributed by atoms with Crippen LogP contribution in [0.25, 0.3) is 0 Å². The number of nitrogens with one attached hydrogen (secondary N) is 1. The number of hydrogen-bond acceptors (Lipinski definition) is 4. The van der Waals surface area contributed by atoms with E-state index in [0.717, 1.165) is 0 Å². The normalized spacial score (nSPS) is 11.5. The predicted octanol–water partition coefficient (Wildman–Crippen LogP) is 5.06.